The molecule has 2 N–H and O–H groups in total. The number of carbonyl (C=O) groups is 1. The first-order chi connectivity index (χ1) is 10.1. The summed E-state index contributed by atoms with van der Waals surface area (Å²) in [7, 11) is 1.85. The van der Waals surface area contributed by atoms with Gasteiger partial charge in [0.25, 0.3) is 5.91 Å². The number of hydrogen-bond donors (Lipinski definition) is 2. The Balaban J connectivity index is 1.91. The highest BCUT2D eigenvalue weighted by Crippen LogP contribution is 2.15. The van der Waals surface area contributed by atoms with Gasteiger partial charge >= 0.3 is 0 Å². The molecule has 0 saturated heterocycles. The standard InChI is InChI=1S/C17H19FN2O/c1-12-10-14(6-7-16(12)19-2)17(21)20-9-8-13-4-3-5-15(18)11-13/h3-7,10-11,19H,8-9H2,1-2H3,(H,20,21). The Kier molecular flexibility index (Phi) is 4.93. The van der Waals surface area contributed by atoms with Crippen molar-refractivity contribution in [3.8, 4) is 0 Å². The number of anilines is 1. The first kappa shape index (κ1) is 15.0. The summed E-state index contributed by atoms with van der Waals surface area (Å²) in [4.78, 5) is 12.0. The highest BCUT2D eigenvalue weighted by atomic mass is 19.1. The summed E-state index contributed by atoms with van der Waals surface area (Å²) in [6.07, 6.45) is 0.608. The van der Waals surface area contributed by atoms with E-state index in [1.165, 1.54) is 12.1 Å². The largest absolute Gasteiger partial charge is 0.388 e. The molecular formula is C17H19FN2O. The zero-order chi connectivity index (χ0) is 15.2. The fraction of sp³-hybridized carbons (Fsp3) is 0.235. The minimum Gasteiger partial charge on any atom is -0.388 e. The van der Waals surface area contributed by atoms with Gasteiger partial charge in [-0.1, -0.05) is 12.1 Å². The van der Waals surface area contributed by atoms with E-state index < -0.39 is 0 Å². The number of nitrogens with one attached hydrogen (secondary N) is 2. The van der Waals surface area contributed by atoms with Gasteiger partial charge in [0, 0.05) is 24.8 Å². The maximum absolute atomic E-state index is 13.0. The van der Waals surface area contributed by atoms with Crippen molar-refractivity contribution in [2.75, 3.05) is 18.9 Å². The van der Waals surface area contributed by atoms with Crippen molar-refractivity contribution in [3.05, 3.63) is 65.0 Å². The van der Waals surface area contributed by atoms with Gasteiger partial charge in [-0.3, -0.25) is 4.79 Å². The van der Waals surface area contributed by atoms with E-state index in [1.807, 2.05) is 32.2 Å². The Hall–Kier alpha value is -2.36. The Morgan fingerprint density at radius 3 is 2.67 bits per heavy atom. The third-order valence-electron chi connectivity index (χ3n) is 3.35. The number of rotatable bonds is 5. The highest BCUT2D eigenvalue weighted by molar-refractivity contribution is 5.94. The van der Waals surface area contributed by atoms with Gasteiger partial charge in [0.1, 0.15) is 5.82 Å². The van der Waals surface area contributed by atoms with Crippen LogP contribution in [-0.2, 0) is 6.42 Å². The van der Waals surface area contributed by atoms with Crippen molar-refractivity contribution < 1.29 is 9.18 Å². The smallest absolute Gasteiger partial charge is 0.251 e. The van der Waals surface area contributed by atoms with E-state index in [2.05, 4.69) is 10.6 Å². The van der Waals surface area contributed by atoms with Gasteiger partial charge in [0.05, 0.1) is 0 Å². The van der Waals surface area contributed by atoms with Crippen molar-refractivity contribution >= 4 is 11.6 Å². The van der Waals surface area contributed by atoms with E-state index in [4.69, 9.17) is 0 Å². The zero-order valence-electron chi connectivity index (χ0n) is 12.2. The molecule has 0 fully saturated rings. The summed E-state index contributed by atoms with van der Waals surface area (Å²) in [5, 5.41) is 5.91. The van der Waals surface area contributed by atoms with Crippen molar-refractivity contribution in [1.29, 1.82) is 0 Å². The van der Waals surface area contributed by atoms with Crippen LogP contribution in [-0.4, -0.2) is 19.5 Å². The molecular weight excluding hydrogens is 267 g/mol. The number of halogens is 1. The molecule has 3 nitrogen and oxygen atoms in total. The molecule has 0 aliphatic carbocycles. The topological polar surface area (TPSA) is 41.1 Å². The van der Waals surface area contributed by atoms with Crippen molar-refractivity contribution in [1.82, 2.24) is 5.32 Å². The van der Waals surface area contributed by atoms with Crippen LogP contribution in [0.1, 0.15) is 21.5 Å². The first-order valence-electron chi connectivity index (χ1n) is 6.91. The van der Waals surface area contributed by atoms with Gasteiger partial charge in [0.15, 0.2) is 0 Å². The van der Waals surface area contributed by atoms with Crippen LogP contribution in [0, 0.1) is 12.7 Å². The molecule has 0 aliphatic heterocycles. The first-order valence-corrected chi connectivity index (χ1v) is 6.91. The van der Waals surface area contributed by atoms with Crippen molar-refractivity contribution in [2.24, 2.45) is 0 Å². The lowest BCUT2D eigenvalue weighted by atomic mass is 10.1. The lowest BCUT2D eigenvalue weighted by molar-refractivity contribution is 0.0954. The van der Waals surface area contributed by atoms with Crippen molar-refractivity contribution in [3.63, 3.8) is 0 Å². The molecule has 1 amide bonds. The second-order valence-electron chi connectivity index (χ2n) is 4.92. The van der Waals surface area contributed by atoms with Gasteiger partial charge in [-0.2, -0.15) is 0 Å². The monoisotopic (exact) mass is 286 g/mol. The van der Waals surface area contributed by atoms with E-state index in [0.29, 0.717) is 18.5 Å². The number of carbonyl (C=O) groups excluding carboxylic acids is 1. The summed E-state index contributed by atoms with van der Waals surface area (Å²) in [5.74, 6) is -0.366. The van der Waals surface area contributed by atoms with Crippen molar-refractivity contribution in [2.45, 2.75) is 13.3 Å². The molecule has 0 heterocycles. The lowest BCUT2D eigenvalue weighted by Crippen LogP contribution is -2.25. The number of aryl methyl sites for hydroxylation is 1. The Morgan fingerprint density at radius 1 is 1.19 bits per heavy atom. The summed E-state index contributed by atoms with van der Waals surface area (Å²) < 4.78 is 13.0. The molecule has 0 aromatic heterocycles. The van der Waals surface area contributed by atoms with Crippen LogP contribution in [0.2, 0.25) is 0 Å². The maximum atomic E-state index is 13.0. The van der Waals surface area contributed by atoms with E-state index in [9.17, 15) is 9.18 Å². The third-order valence-corrected chi connectivity index (χ3v) is 3.35. The van der Waals surface area contributed by atoms with Gasteiger partial charge < -0.3 is 10.6 Å². The van der Waals surface area contributed by atoms with Gasteiger partial charge in [-0.05, 0) is 54.8 Å². The van der Waals surface area contributed by atoms with Crippen LogP contribution in [0.4, 0.5) is 10.1 Å². The maximum Gasteiger partial charge on any atom is 0.251 e. The summed E-state index contributed by atoms with van der Waals surface area (Å²) >= 11 is 0. The third kappa shape index (κ3) is 4.05. The average molecular weight is 286 g/mol. The SMILES string of the molecule is CNc1ccc(C(=O)NCCc2cccc(F)c2)cc1C. The lowest BCUT2D eigenvalue weighted by Gasteiger charge is -2.09. The van der Waals surface area contributed by atoms with Crippen LogP contribution in [0.3, 0.4) is 0 Å². The second kappa shape index (κ2) is 6.88. The molecule has 0 bridgehead atoms. The number of benzene rings is 2. The van der Waals surface area contributed by atoms with E-state index in [0.717, 1.165) is 16.8 Å². The Bertz CT molecular complexity index is 640. The predicted octanol–water partition coefficient (Wildman–Crippen LogP) is 3.15. The molecule has 0 atom stereocenters. The minimum atomic E-state index is -0.253. The zero-order valence-corrected chi connectivity index (χ0v) is 12.2. The van der Waals surface area contributed by atoms with Gasteiger partial charge in [-0.15, -0.1) is 0 Å². The molecule has 2 rings (SSSR count). The van der Waals surface area contributed by atoms with E-state index in [1.54, 1.807) is 12.1 Å². The molecule has 0 radical (unpaired) electrons. The van der Waals surface area contributed by atoms with E-state index >= 15 is 0 Å². The van der Waals surface area contributed by atoms with Crippen LogP contribution in [0.5, 0.6) is 0 Å². The summed E-state index contributed by atoms with van der Waals surface area (Å²) in [5.41, 5.74) is 3.53. The minimum absolute atomic E-state index is 0.114. The molecule has 4 heteroatoms. The molecule has 2 aromatic rings. The molecule has 0 aliphatic rings. The number of amides is 1. The molecule has 0 spiro atoms. The predicted molar refractivity (Wildman–Crippen MR) is 83.2 cm³/mol. The van der Waals surface area contributed by atoms with Crippen LogP contribution < -0.4 is 10.6 Å². The van der Waals surface area contributed by atoms with Crippen LogP contribution in [0.15, 0.2) is 42.5 Å². The van der Waals surface area contributed by atoms with Crippen LogP contribution in [0.25, 0.3) is 0 Å². The fourth-order valence-corrected chi connectivity index (χ4v) is 2.20. The Morgan fingerprint density at radius 2 is 2.00 bits per heavy atom. The molecule has 0 saturated carbocycles. The Labute approximate surface area is 124 Å². The summed E-state index contributed by atoms with van der Waals surface area (Å²) in [6, 6.07) is 11.9. The number of hydrogen-bond acceptors (Lipinski definition) is 2. The van der Waals surface area contributed by atoms with Crippen LogP contribution >= 0.6 is 0 Å². The molecule has 0 unspecified atom stereocenters. The van der Waals surface area contributed by atoms with Gasteiger partial charge in [0.2, 0.25) is 0 Å². The van der Waals surface area contributed by atoms with Gasteiger partial charge in [-0.25, -0.2) is 4.39 Å². The second-order valence-corrected chi connectivity index (χ2v) is 4.92. The summed E-state index contributed by atoms with van der Waals surface area (Å²) in [6.45, 7) is 2.43. The average Bonchev–Trinajstić information content (AvgIpc) is 2.47. The van der Waals surface area contributed by atoms with E-state index in [-0.39, 0.29) is 11.7 Å². The molecule has 21 heavy (non-hydrogen) atoms. The fourth-order valence-electron chi connectivity index (χ4n) is 2.20. The quantitative estimate of drug-likeness (QED) is 0.886. The molecule has 2 aromatic carbocycles. The molecule has 110 valence electrons. The highest BCUT2D eigenvalue weighted by Gasteiger charge is 2.07. The normalized spacial score (nSPS) is 10.2.